The van der Waals surface area contributed by atoms with Crippen molar-refractivity contribution in [3.8, 4) is 0 Å². The fraction of sp³-hybridized carbons (Fsp3) is 0.923. The molecule has 5 nitrogen and oxygen atoms in total. The lowest BCUT2D eigenvalue weighted by molar-refractivity contribution is -0.138. The van der Waals surface area contributed by atoms with Crippen molar-refractivity contribution < 1.29 is 9.90 Å². The Morgan fingerprint density at radius 2 is 1.94 bits per heavy atom. The molecule has 2 aliphatic rings. The normalized spacial score (nSPS) is 22.6. The number of piperazine rings is 1. The number of carboxylic acids is 1. The van der Waals surface area contributed by atoms with Gasteiger partial charge in [0.05, 0.1) is 6.54 Å². The van der Waals surface area contributed by atoms with Crippen LogP contribution in [0.4, 0.5) is 0 Å². The number of hydrogen-bond donors (Lipinski definition) is 1. The summed E-state index contributed by atoms with van der Waals surface area (Å²) in [5, 5.41) is 8.93. The van der Waals surface area contributed by atoms with Crippen LogP contribution in [0.25, 0.3) is 0 Å². The zero-order chi connectivity index (χ0) is 13.0. The summed E-state index contributed by atoms with van der Waals surface area (Å²) in [6, 6.07) is 0. The number of hydrogen-bond acceptors (Lipinski definition) is 4. The number of likely N-dealkylation sites (N-methyl/N-ethyl adjacent to an activating group) is 1. The highest BCUT2D eigenvalue weighted by Crippen LogP contribution is 2.29. The number of carboxylic acid groups (broad SMARTS) is 1. The van der Waals surface area contributed by atoms with Crippen molar-refractivity contribution in [1.29, 1.82) is 0 Å². The van der Waals surface area contributed by atoms with E-state index >= 15 is 0 Å². The quantitative estimate of drug-likeness (QED) is 0.695. The highest BCUT2D eigenvalue weighted by molar-refractivity contribution is 5.69. The molecule has 104 valence electrons. The van der Waals surface area contributed by atoms with Gasteiger partial charge in [-0.2, -0.15) is 0 Å². The van der Waals surface area contributed by atoms with Gasteiger partial charge in [-0.15, -0.1) is 0 Å². The Morgan fingerprint density at radius 3 is 2.50 bits per heavy atom. The minimum absolute atomic E-state index is 0.199. The van der Waals surface area contributed by atoms with Crippen molar-refractivity contribution in [2.45, 2.75) is 12.8 Å². The lowest BCUT2D eigenvalue weighted by Crippen LogP contribution is -2.47. The Bertz CT molecular complexity index is 273. The summed E-state index contributed by atoms with van der Waals surface area (Å²) in [6.45, 7) is 7.55. The van der Waals surface area contributed by atoms with Crippen molar-refractivity contribution in [1.82, 2.24) is 14.7 Å². The molecule has 2 rings (SSSR count). The van der Waals surface area contributed by atoms with Crippen LogP contribution in [0.1, 0.15) is 12.8 Å². The highest BCUT2D eigenvalue weighted by atomic mass is 16.4. The third-order valence-electron chi connectivity index (χ3n) is 3.90. The molecule has 1 saturated carbocycles. The van der Waals surface area contributed by atoms with E-state index in [9.17, 15) is 4.79 Å². The minimum Gasteiger partial charge on any atom is -0.480 e. The van der Waals surface area contributed by atoms with Gasteiger partial charge in [0.1, 0.15) is 0 Å². The SMILES string of the molecule is CN1CCN(CCN(CC(=O)O)CC2CC2)CC1. The summed E-state index contributed by atoms with van der Waals surface area (Å²) < 4.78 is 0. The van der Waals surface area contributed by atoms with Crippen molar-refractivity contribution in [2.75, 3.05) is 59.4 Å². The molecule has 1 aliphatic carbocycles. The molecule has 0 bridgehead atoms. The fourth-order valence-corrected chi connectivity index (χ4v) is 2.45. The first-order chi connectivity index (χ1) is 8.63. The van der Waals surface area contributed by atoms with Crippen molar-refractivity contribution >= 4 is 5.97 Å². The van der Waals surface area contributed by atoms with Gasteiger partial charge in [0.2, 0.25) is 0 Å². The van der Waals surface area contributed by atoms with Gasteiger partial charge >= 0.3 is 5.97 Å². The van der Waals surface area contributed by atoms with Gasteiger partial charge in [-0.25, -0.2) is 0 Å². The molecule has 0 unspecified atom stereocenters. The molecule has 0 spiro atoms. The van der Waals surface area contributed by atoms with Crippen LogP contribution >= 0.6 is 0 Å². The van der Waals surface area contributed by atoms with Gasteiger partial charge in [0, 0.05) is 45.8 Å². The van der Waals surface area contributed by atoms with Gasteiger partial charge in [-0.05, 0) is 25.8 Å². The lowest BCUT2D eigenvalue weighted by atomic mass is 10.3. The van der Waals surface area contributed by atoms with Crippen LogP contribution < -0.4 is 0 Å². The van der Waals surface area contributed by atoms with Crippen LogP contribution in [-0.4, -0.2) is 85.2 Å². The first-order valence-electron chi connectivity index (χ1n) is 6.98. The average Bonchev–Trinajstić information content (AvgIpc) is 3.11. The second kappa shape index (κ2) is 6.50. The maximum atomic E-state index is 10.8. The average molecular weight is 255 g/mol. The summed E-state index contributed by atoms with van der Waals surface area (Å²) in [7, 11) is 2.15. The molecular weight excluding hydrogens is 230 g/mol. The van der Waals surface area contributed by atoms with Gasteiger partial charge in [0.25, 0.3) is 0 Å². The van der Waals surface area contributed by atoms with Gasteiger partial charge in [-0.3, -0.25) is 14.6 Å². The molecule has 1 saturated heterocycles. The Balaban J connectivity index is 1.68. The van der Waals surface area contributed by atoms with Crippen LogP contribution in [0.15, 0.2) is 0 Å². The molecule has 2 fully saturated rings. The van der Waals surface area contributed by atoms with E-state index in [0.29, 0.717) is 0 Å². The summed E-state index contributed by atoms with van der Waals surface area (Å²) in [4.78, 5) is 17.7. The van der Waals surface area contributed by atoms with Crippen LogP contribution in [0.3, 0.4) is 0 Å². The Labute approximate surface area is 109 Å². The van der Waals surface area contributed by atoms with Crippen LogP contribution in [-0.2, 0) is 4.79 Å². The predicted molar refractivity (Wildman–Crippen MR) is 70.7 cm³/mol. The Hall–Kier alpha value is -0.650. The number of aliphatic carboxylic acids is 1. The Kier molecular flexibility index (Phi) is 4.97. The molecule has 0 aromatic rings. The molecule has 0 atom stereocenters. The molecule has 1 N–H and O–H groups in total. The summed E-state index contributed by atoms with van der Waals surface area (Å²) in [5.74, 6) is 0.0610. The standard InChI is InChI=1S/C13H25N3O2/c1-14-4-6-15(7-5-14)8-9-16(11-13(17)18)10-12-2-3-12/h12H,2-11H2,1H3,(H,17,18). The molecule has 0 amide bonds. The van der Waals surface area contributed by atoms with E-state index in [1.807, 2.05) is 0 Å². The van der Waals surface area contributed by atoms with E-state index < -0.39 is 5.97 Å². The van der Waals surface area contributed by atoms with Crippen molar-refractivity contribution in [2.24, 2.45) is 5.92 Å². The van der Waals surface area contributed by atoms with E-state index in [1.165, 1.54) is 12.8 Å². The van der Waals surface area contributed by atoms with Gasteiger partial charge in [-0.1, -0.05) is 0 Å². The third-order valence-corrected chi connectivity index (χ3v) is 3.90. The largest absolute Gasteiger partial charge is 0.480 e. The Morgan fingerprint density at radius 1 is 1.28 bits per heavy atom. The molecule has 1 aliphatic heterocycles. The number of carbonyl (C=O) groups is 1. The van der Waals surface area contributed by atoms with Crippen molar-refractivity contribution in [3.63, 3.8) is 0 Å². The summed E-state index contributed by atoms with van der Waals surface area (Å²) in [5.41, 5.74) is 0. The van der Waals surface area contributed by atoms with E-state index in [0.717, 1.165) is 51.7 Å². The van der Waals surface area contributed by atoms with Crippen molar-refractivity contribution in [3.05, 3.63) is 0 Å². The second-order valence-corrected chi connectivity index (χ2v) is 5.72. The first kappa shape index (κ1) is 13.8. The fourth-order valence-electron chi connectivity index (χ4n) is 2.45. The molecule has 0 radical (unpaired) electrons. The molecule has 18 heavy (non-hydrogen) atoms. The van der Waals surface area contributed by atoms with E-state index in [2.05, 4.69) is 21.7 Å². The monoisotopic (exact) mass is 255 g/mol. The summed E-state index contributed by atoms with van der Waals surface area (Å²) in [6.07, 6.45) is 2.56. The number of rotatable bonds is 7. The predicted octanol–water partition coefficient (Wildman–Crippen LogP) is 0.0304. The zero-order valence-corrected chi connectivity index (χ0v) is 11.3. The van der Waals surface area contributed by atoms with E-state index in [4.69, 9.17) is 5.11 Å². The molecule has 5 heteroatoms. The van der Waals surface area contributed by atoms with E-state index in [1.54, 1.807) is 0 Å². The van der Waals surface area contributed by atoms with Crippen LogP contribution in [0.5, 0.6) is 0 Å². The third kappa shape index (κ3) is 4.92. The van der Waals surface area contributed by atoms with Crippen LogP contribution in [0.2, 0.25) is 0 Å². The summed E-state index contributed by atoms with van der Waals surface area (Å²) >= 11 is 0. The molecular formula is C13H25N3O2. The zero-order valence-electron chi connectivity index (χ0n) is 11.3. The molecule has 1 heterocycles. The smallest absolute Gasteiger partial charge is 0.317 e. The molecule has 0 aromatic carbocycles. The molecule has 0 aromatic heterocycles. The van der Waals surface area contributed by atoms with Crippen LogP contribution in [0, 0.1) is 5.92 Å². The maximum Gasteiger partial charge on any atom is 0.317 e. The lowest BCUT2D eigenvalue weighted by Gasteiger charge is -2.33. The van der Waals surface area contributed by atoms with Gasteiger partial charge in [0.15, 0.2) is 0 Å². The minimum atomic E-state index is -0.700. The highest BCUT2D eigenvalue weighted by Gasteiger charge is 2.25. The maximum absolute atomic E-state index is 10.8. The topological polar surface area (TPSA) is 47.0 Å². The second-order valence-electron chi connectivity index (χ2n) is 5.72. The first-order valence-corrected chi connectivity index (χ1v) is 6.98. The number of nitrogens with zero attached hydrogens (tertiary/aromatic N) is 3. The van der Waals surface area contributed by atoms with Gasteiger partial charge < -0.3 is 10.0 Å². The van der Waals surface area contributed by atoms with E-state index in [-0.39, 0.29) is 6.54 Å².